The van der Waals surface area contributed by atoms with Crippen LogP contribution in [0.25, 0.3) is 0 Å². The van der Waals surface area contributed by atoms with E-state index in [0.29, 0.717) is 5.92 Å². The van der Waals surface area contributed by atoms with Gasteiger partial charge in [0, 0.05) is 0 Å². The highest BCUT2D eigenvalue weighted by Gasteiger charge is 2.19. The van der Waals surface area contributed by atoms with Gasteiger partial charge in [0.25, 0.3) is 0 Å². The first kappa shape index (κ1) is 12.8. The van der Waals surface area contributed by atoms with Gasteiger partial charge in [0.15, 0.2) is 0 Å². The molecule has 1 aliphatic heterocycles. The van der Waals surface area contributed by atoms with Crippen molar-refractivity contribution >= 4 is 24.0 Å². The SMILES string of the molecule is Cl.Fc1c(Cl)cccc1C1CCNCC1. The summed E-state index contributed by atoms with van der Waals surface area (Å²) in [5.74, 6) is 0.0935. The van der Waals surface area contributed by atoms with Crippen molar-refractivity contribution in [2.75, 3.05) is 13.1 Å². The van der Waals surface area contributed by atoms with Crippen LogP contribution in [0.1, 0.15) is 24.3 Å². The zero-order chi connectivity index (χ0) is 9.97. The second kappa shape index (κ2) is 5.69. The van der Waals surface area contributed by atoms with Gasteiger partial charge in [0.1, 0.15) is 5.82 Å². The van der Waals surface area contributed by atoms with Gasteiger partial charge in [0.2, 0.25) is 0 Å². The first-order chi connectivity index (χ1) is 6.79. The third-order valence-electron chi connectivity index (χ3n) is 2.76. The Bertz CT molecular complexity index is 324. The van der Waals surface area contributed by atoms with E-state index in [-0.39, 0.29) is 23.2 Å². The van der Waals surface area contributed by atoms with Crippen LogP contribution in [-0.2, 0) is 0 Å². The predicted octanol–water partition coefficient (Wildman–Crippen LogP) is 3.37. The van der Waals surface area contributed by atoms with Gasteiger partial charge in [-0.2, -0.15) is 0 Å². The van der Waals surface area contributed by atoms with E-state index in [4.69, 9.17) is 11.6 Å². The van der Waals surface area contributed by atoms with Crippen molar-refractivity contribution in [3.05, 3.63) is 34.6 Å². The van der Waals surface area contributed by atoms with Crippen LogP contribution in [0.2, 0.25) is 5.02 Å². The molecule has 1 aromatic rings. The topological polar surface area (TPSA) is 12.0 Å². The molecule has 1 nitrogen and oxygen atoms in total. The van der Waals surface area contributed by atoms with E-state index in [2.05, 4.69) is 5.32 Å². The fourth-order valence-corrected chi connectivity index (χ4v) is 2.15. The number of hydrogen-bond acceptors (Lipinski definition) is 1. The van der Waals surface area contributed by atoms with Gasteiger partial charge in [-0.05, 0) is 43.5 Å². The van der Waals surface area contributed by atoms with Crippen molar-refractivity contribution < 1.29 is 4.39 Å². The zero-order valence-electron chi connectivity index (χ0n) is 8.30. The lowest BCUT2D eigenvalue weighted by Crippen LogP contribution is -2.27. The lowest BCUT2D eigenvalue weighted by Gasteiger charge is -2.23. The highest BCUT2D eigenvalue weighted by Crippen LogP contribution is 2.30. The molecule has 0 aliphatic carbocycles. The van der Waals surface area contributed by atoms with Gasteiger partial charge in [-0.15, -0.1) is 12.4 Å². The maximum atomic E-state index is 13.6. The molecule has 1 fully saturated rings. The summed E-state index contributed by atoms with van der Waals surface area (Å²) in [6, 6.07) is 5.27. The van der Waals surface area contributed by atoms with E-state index < -0.39 is 0 Å². The molecule has 2 rings (SSSR count). The van der Waals surface area contributed by atoms with Crippen LogP contribution >= 0.6 is 24.0 Å². The molecule has 0 unspecified atom stereocenters. The summed E-state index contributed by atoms with van der Waals surface area (Å²) in [6.07, 6.45) is 1.99. The van der Waals surface area contributed by atoms with Crippen LogP contribution in [0.3, 0.4) is 0 Å². The quantitative estimate of drug-likeness (QED) is 0.805. The van der Waals surface area contributed by atoms with Crippen molar-refractivity contribution in [2.45, 2.75) is 18.8 Å². The average Bonchev–Trinajstić information content (AvgIpc) is 2.23. The minimum Gasteiger partial charge on any atom is -0.317 e. The van der Waals surface area contributed by atoms with Gasteiger partial charge in [-0.3, -0.25) is 0 Å². The van der Waals surface area contributed by atoms with Gasteiger partial charge in [-0.25, -0.2) is 4.39 Å². The molecule has 0 spiro atoms. The Morgan fingerprint density at radius 1 is 1.27 bits per heavy atom. The molecule has 1 aliphatic rings. The molecule has 4 heteroatoms. The first-order valence-corrected chi connectivity index (χ1v) is 5.31. The first-order valence-electron chi connectivity index (χ1n) is 4.93. The summed E-state index contributed by atoms with van der Waals surface area (Å²) >= 11 is 5.74. The minimum atomic E-state index is -0.235. The van der Waals surface area contributed by atoms with E-state index >= 15 is 0 Å². The number of piperidine rings is 1. The lowest BCUT2D eigenvalue weighted by molar-refractivity contribution is 0.445. The molecular formula is C11H14Cl2FN. The third-order valence-corrected chi connectivity index (χ3v) is 3.05. The minimum absolute atomic E-state index is 0. The van der Waals surface area contributed by atoms with Crippen LogP contribution < -0.4 is 5.32 Å². The molecule has 0 bridgehead atoms. The zero-order valence-corrected chi connectivity index (χ0v) is 9.87. The number of benzene rings is 1. The average molecular weight is 250 g/mol. The number of hydrogen-bond donors (Lipinski definition) is 1. The Kier molecular flexibility index (Phi) is 4.84. The second-order valence-electron chi connectivity index (χ2n) is 3.67. The monoisotopic (exact) mass is 249 g/mol. The maximum Gasteiger partial charge on any atom is 0.145 e. The molecule has 1 saturated heterocycles. The summed E-state index contributed by atoms with van der Waals surface area (Å²) in [6.45, 7) is 1.94. The third kappa shape index (κ3) is 2.83. The molecule has 0 atom stereocenters. The van der Waals surface area contributed by atoms with Crippen LogP contribution in [-0.4, -0.2) is 13.1 Å². The molecule has 84 valence electrons. The summed E-state index contributed by atoms with van der Waals surface area (Å²) < 4.78 is 13.6. The molecule has 0 saturated carbocycles. The van der Waals surface area contributed by atoms with E-state index in [1.807, 2.05) is 12.1 Å². The fraction of sp³-hybridized carbons (Fsp3) is 0.455. The molecule has 15 heavy (non-hydrogen) atoms. The Morgan fingerprint density at radius 2 is 1.93 bits per heavy atom. The number of nitrogens with one attached hydrogen (secondary N) is 1. The highest BCUT2D eigenvalue weighted by molar-refractivity contribution is 6.30. The van der Waals surface area contributed by atoms with Gasteiger partial charge in [0.05, 0.1) is 5.02 Å². The summed E-state index contributed by atoms with van der Waals surface area (Å²) in [5.41, 5.74) is 0.777. The van der Waals surface area contributed by atoms with E-state index in [0.717, 1.165) is 31.5 Å². The second-order valence-corrected chi connectivity index (χ2v) is 4.07. The Morgan fingerprint density at radius 3 is 2.60 bits per heavy atom. The van der Waals surface area contributed by atoms with Crippen LogP contribution in [0, 0.1) is 5.82 Å². The predicted molar refractivity (Wildman–Crippen MR) is 63.5 cm³/mol. The molecular weight excluding hydrogens is 236 g/mol. The largest absolute Gasteiger partial charge is 0.317 e. The molecule has 1 aromatic carbocycles. The summed E-state index contributed by atoms with van der Waals surface area (Å²) in [4.78, 5) is 0. The van der Waals surface area contributed by atoms with Crippen molar-refractivity contribution in [1.29, 1.82) is 0 Å². The van der Waals surface area contributed by atoms with Crippen LogP contribution in [0.4, 0.5) is 4.39 Å². The van der Waals surface area contributed by atoms with Gasteiger partial charge >= 0.3 is 0 Å². The normalized spacial score (nSPS) is 17.2. The van der Waals surface area contributed by atoms with Gasteiger partial charge < -0.3 is 5.32 Å². The molecule has 1 N–H and O–H groups in total. The van der Waals surface area contributed by atoms with E-state index in [9.17, 15) is 4.39 Å². The molecule has 1 heterocycles. The number of halogens is 3. The van der Waals surface area contributed by atoms with Crippen LogP contribution in [0.15, 0.2) is 18.2 Å². The van der Waals surface area contributed by atoms with E-state index in [1.165, 1.54) is 0 Å². The Labute approximate surface area is 100 Å². The maximum absolute atomic E-state index is 13.6. The standard InChI is InChI=1S/C11H13ClFN.ClH/c12-10-3-1-2-9(11(10)13)8-4-6-14-7-5-8;/h1-3,8,14H,4-7H2;1H. The van der Waals surface area contributed by atoms with Gasteiger partial charge in [-0.1, -0.05) is 23.7 Å². The Balaban J connectivity index is 0.00000112. The molecule has 0 aromatic heterocycles. The van der Waals surface area contributed by atoms with Crippen molar-refractivity contribution in [1.82, 2.24) is 5.32 Å². The molecule has 0 amide bonds. The molecule has 0 radical (unpaired) electrons. The summed E-state index contributed by atoms with van der Waals surface area (Å²) in [5, 5.41) is 3.50. The van der Waals surface area contributed by atoms with E-state index in [1.54, 1.807) is 6.07 Å². The van der Waals surface area contributed by atoms with Crippen molar-refractivity contribution in [3.63, 3.8) is 0 Å². The smallest absolute Gasteiger partial charge is 0.145 e. The fourth-order valence-electron chi connectivity index (χ4n) is 1.97. The Hall–Kier alpha value is -0.310. The van der Waals surface area contributed by atoms with Crippen molar-refractivity contribution in [3.8, 4) is 0 Å². The number of rotatable bonds is 1. The summed E-state index contributed by atoms with van der Waals surface area (Å²) in [7, 11) is 0. The van der Waals surface area contributed by atoms with Crippen molar-refractivity contribution in [2.24, 2.45) is 0 Å². The highest BCUT2D eigenvalue weighted by atomic mass is 35.5. The van der Waals surface area contributed by atoms with Crippen LogP contribution in [0.5, 0.6) is 0 Å². The lowest BCUT2D eigenvalue weighted by atomic mass is 9.90.